The van der Waals surface area contributed by atoms with Gasteiger partial charge in [0.25, 0.3) is 0 Å². The molecule has 1 aromatic rings. The highest BCUT2D eigenvalue weighted by Crippen LogP contribution is 2.24. The van der Waals surface area contributed by atoms with Crippen LogP contribution in [0.2, 0.25) is 0 Å². The van der Waals surface area contributed by atoms with Crippen molar-refractivity contribution < 1.29 is 9.47 Å². The standard InChI is InChI=1S/C12H19N3O2/c1-8(2)14-12(15-13)10-7-9(16-3)5-6-11(10)17-4/h5-8H,13H2,1-4H3,(H,14,15). The molecule has 0 saturated heterocycles. The number of hydrazine groups is 1. The van der Waals surface area contributed by atoms with Crippen molar-refractivity contribution in [2.24, 2.45) is 10.8 Å². The Hall–Kier alpha value is -1.75. The van der Waals surface area contributed by atoms with Gasteiger partial charge >= 0.3 is 0 Å². The molecule has 0 amide bonds. The van der Waals surface area contributed by atoms with Gasteiger partial charge in [-0.05, 0) is 32.0 Å². The molecule has 0 aliphatic heterocycles. The second-order valence-corrected chi connectivity index (χ2v) is 3.78. The molecular formula is C12H19N3O2. The number of nitrogens with two attached hydrogens (primary N) is 1. The van der Waals surface area contributed by atoms with E-state index in [1.165, 1.54) is 0 Å². The van der Waals surface area contributed by atoms with E-state index in [0.717, 1.165) is 11.3 Å². The van der Waals surface area contributed by atoms with Crippen molar-refractivity contribution in [2.45, 2.75) is 19.9 Å². The lowest BCUT2D eigenvalue weighted by atomic mass is 10.1. The molecule has 17 heavy (non-hydrogen) atoms. The van der Waals surface area contributed by atoms with Crippen molar-refractivity contribution in [3.05, 3.63) is 23.8 Å². The summed E-state index contributed by atoms with van der Waals surface area (Å²) in [6.07, 6.45) is 0. The molecule has 0 heterocycles. The van der Waals surface area contributed by atoms with Crippen molar-refractivity contribution in [3.8, 4) is 11.5 Å². The maximum absolute atomic E-state index is 5.49. The monoisotopic (exact) mass is 237 g/mol. The fourth-order valence-electron chi connectivity index (χ4n) is 1.44. The number of benzene rings is 1. The molecule has 0 bridgehead atoms. The van der Waals surface area contributed by atoms with Crippen LogP contribution in [0.25, 0.3) is 0 Å². The summed E-state index contributed by atoms with van der Waals surface area (Å²) in [6, 6.07) is 5.62. The molecule has 0 aliphatic carbocycles. The number of amidine groups is 1. The van der Waals surface area contributed by atoms with E-state index in [-0.39, 0.29) is 6.04 Å². The van der Waals surface area contributed by atoms with Crippen LogP contribution in [-0.4, -0.2) is 26.1 Å². The Morgan fingerprint density at radius 2 is 2.00 bits per heavy atom. The van der Waals surface area contributed by atoms with Crippen molar-refractivity contribution in [2.75, 3.05) is 14.2 Å². The Labute approximate surface area is 102 Å². The van der Waals surface area contributed by atoms with E-state index in [0.29, 0.717) is 11.6 Å². The summed E-state index contributed by atoms with van der Waals surface area (Å²) in [5.41, 5.74) is 3.37. The van der Waals surface area contributed by atoms with Crippen LogP contribution in [-0.2, 0) is 0 Å². The van der Waals surface area contributed by atoms with Crippen molar-refractivity contribution in [1.29, 1.82) is 0 Å². The highest BCUT2D eigenvalue weighted by Gasteiger charge is 2.11. The lowest BCUT2D eigenvalue weighted by Crippen LogP contribution is -2.32. The molecule has 0 unspecified atom stereocenters. The Balaban J connectivity index is 3.24. The predicted molar refractivity (Wildman–Crippen MR) is 68.5 cm³/mol. The molecule has 1 rings (SSSR count). The Morgan fingerprint density at radius 3 is 2.47 bits per heavy atom. The van der Waals surface area contributed by atoms with Gasteiger partial charge in [-0.1, -0.05) is 0 Å². The van der Waals surface area contributed by atoms with Crippen LogP contribution in [0.1, 0.15) is 19.4 Å². The number of hydrogen-bond donors (Lipinski definition) is 2. The van der Waals surface area contributed by atoms with Gasteiger partial charge in [-0.2, -0.15) is 0 Å². The predicted octanol–water partition coefficient (Wildman–Crippen LogP) is 1.32. The quantitative estimate of drug-likeness (QED) is 0.359. The first kappa shape index (κ1) is 13.3. The molecule has 0 saturated carbocycles. The van der Waals surface area contributed by atoms with Crippen LogP contribution in [0.5, 0.6) is 11.5 Å². The molecule has 5 nitrogen and oxygen atoms in total. The van der Waals surface area contributed by atoms with Gasteiger partial charge in [-0.25, -0.2) is 5.84 Å². The largest absolute Gasteiger partial charge is 0.497 e. The van der Waals surface area contributed by atoms with Crippen LogP contribution in [0.15, 0.2) is 23.2 Å². The van der Waals surface area contributed by atoms with E-state index in [4.69, 9.17) is 15.3 Å². The number of ether oxygens (including phenoxy) is 2. The van der Waals surface area contributed by atoms with Gasteiger partial charge < -0.3 is 14.9 Å². The van der Waals surface area contributed by atoms with Crippen LogP contribution < -0.4 is 20.7 Å². The van der Waals surface area contributed by atoms with Gasteiger partial charge in [0.1, 0.15) is 17.3 Å². The number of aliphatic imine (C=N–C) groups is 1. The zero-order chi connectivity index (χ0) is 12.8. The van der Waals surface area contributed by atoms with Crippen LogP contribution in [0.4, 0.5) is 0 Å². The van der Waals surface area contributed by atoms with Gasteiger partial charge in [0.05, 0.1) is 19.8 Å². The third kappa shape index (κ3) is 3.35. The molecule has 94 valence electrons. The number of nitrogens with one attached hydrogen (secondary N) is 1. The smallest absolute Gasteiger partial charge is 0.146 e. The first-order valence-electron chi connectivity index (χ1n) is 5.39. The molecule has 0 atom stereocenters. The van der Waals surface area contributed by atoms with Crippen molar-refractivity contribution in [3.63, 3.8) is 0 Å². The molecule has 3 N–H and O–H groups in total. The average Bonchev–Trinajstić information content (AvgIpc) is 2.34. The van der Waals surface area contributed by atoms with Crippen molar-refractivity contribution >= 4 is 5.84 Å². The van der Waals surface area contributed by atoms with E-state index in [2.05, 4.69) is 10.4 Å². The molecule has 1 aromatic carbocycles. The Kier molecular flexibility index (Phi) is 4.78. The molecule has 0 aromatic heterocycles. The molecule has 0 fully saturated rings. The van der Waals surface area contributed by atoms with E-state index in [9.17, 15) is 0 Å². The van der Waals surface area contributed by atoms with Gasteiger partial charge in [0.2, 0.25) is 0 Å². The lowest BCUT2D eigenvalue weighted by Gasteiger charge is -2.13. The minimum atomic E-state index is 0.136. The molecule has 0 aliphatic rings. The van der Waals surface area contributed by atoms with Gasteiger partial charge in [-0.3, -0.25) is 4.99 Å². The summed E-state index contributed by atoms with van der Waals surface area (Å²) in [7, 11) is 3.22. The third-order valence-corrected chi connectivity index (χ3v) is 2.19. The van der Waals surface area contributed by atoms with Gasteiger partial charge in [-0.15, -0.1) is 0 Å². The lowest BCUT2D eigenvalue weighted by molar-refractivity contribution is 0.402. The summed E-state index contributed by atoms with van der Waals surface area (Å²) < 4.78 is 10.5. The molecule has 0 radical (unpaired) electrons. The normalized spacial score (nSPS) is 11.5. The number of nitrogens with zero attached hydrogens (tertiary/aromatic N) is 1. The number of hydrogen-bond acceptors (Lipinski definition) is 4. The Bertz CT molecular complexity index is 403. The van der Waals surface area contributed by atoms with E-state index >= 15 is 0 Å². The topological polar surface area (TPSA) is 68.9 Å². The molecular weight excluding hydrogens is 218 g/mol. The summed E-state index contributed by atoms with van der Waals surface area (Å²) in [5, 5.41) is 0. The van der Waals surface area contributed by atoms with Gasteiger partial charge in [0.15, 0.2) is 0 Å². The van der Waals surface area contributed by atoms with Crippen LogP contribution in [0.3, 0.4) is 0 Å². The molecule has 0 spiro atoms. The van der Waals surface area contributed by atoms with Crippen LogP contribution in [0, 0.1) is 0 Å². The average molecular weight is 237 g/mol. The second-order valence-electron chi connectivity index (χ2n) is 3.78. The third-order valence-electron chi connectivity index (χ3n) is 2.19. The SMILES string of the molecule is COc1ccc(OC)c(C(=NC(C)C)NN)c1. The highest BCUT2D eigenvalue weighted by molar-refractivity contribution is 6.01. The van der Waals surface area contributed by atoms with E-state index < -0.39 is 0 Å². The number of rotatable bonds is 4. The summed E-state index contributed by atoms with van der Waals surface area (Å²) in [6.45, 7) is 3.95. The highest BCUT2D eigenvalue weighted by atomic mass is 16.5. The Morgan fingerprint density at radius 1 is 1.29 bits per heavy atom. The summed E-state index contributed by atoms with van der Waals surface area (Å²) in [5.74, 6) is 7.50. The van der Waals surface area contributed by atoms with Crippen molar-refractivity contribution in [1.82, 2.24) is 5.43 Å². The summed E-state index contributed by atoms with van der Waals surface area (Å²) >= 11 is 0. The fraction of sp³-hybridized carbons (Fsp3) is 0.417. The molecule has 5 heteroatoms. The minimum absolute atomic E-state index is 0.136. The van der Waals surface area contributed by atoms with E-state index in [1.54, 1.807) is 14.2 Å². The summed E-state index contributed by atoms with van der Waals surface area (Å²) in [4.78, 5) is 4.39. The first-order valence-corrected chi connectivity index (χ1v) is 5.39. The zero-order valence-electron chi connectivity index (χ0n) is 10.7. The second kappa shape index (κ2) is 6.10. The van der Waals surface area contributed by atoms with Gasteiger partial charge in [0, 0.05) is 6.04 Å². The zero-order valence-corrected chi connectivity index (χ0v) is 10.7. The maximum Gasteiger partial charge on any atom is 0.146 e. The fourth-order valence-corrected chi connectivity index (χ4v) is 1.44. The van der Waals surface area contributed by atoms with Crippen LogP contribution >= 0.6 is 0 Å². The van der Waals surface area contributed by atoms with E-state index in [1.807, 2.05) is 32.0 Å². The minimum Gasteiger partial charge on any atom is -0.497 e. The number of methoxy groups -OCH3 is 2. The first-order chi connectivity index (χ1) is 8.12. The maximum atomic E-state index is 5.49.